The average Bonchev–Trinajstić information content (AvgIpc) is 1.53. The molecule has 0 aromatic heterocycles. The van der Waals surface area contributed by atoms with Crippen LogP contribution in [-0.2, 0) is 22.3 Å². The predicted octanol–water partition coefficient (Wildman–Crippen LogP) is -16.5. The van der Waals surface area contributed by atoms with Crippen LogP contribution in [0, 0.1) is 0 Å². The molecule has 16 heteroatoms. The third-order valence-electron chi connectivity index (χ3n) is 0.333. The monoisotopic (exact) mass is 256 g/mol. The Kier molecular flexibility index (Phi) is 41.6. The van der Waals surface area contributed by atoms with Crippen molar-refractivity contribution in [3.8, 4) is 0 Å². The van der Waals surface area contributed by atoms with Gasteiger partial charge in [0.1, 0.15) is 0 Å². The van der Waals surface area contributed by atoms with Crippen molar-refractivity contribution in [1.82, 2.24) is 0 Å². The van der Waals surface area contributed by atoms with E-state index in [1.54, 1.807) is 0 Å². The molecule has 0 N–H and O–H groups in total. The van der Waals surface area contributed by atoms with Gasteiger partial charge in [-0.3, -0.25) is 4.57 Å². The van der Waals surface area contributed by atoms with Crippen molar-refractivity contribution < 1.29 is 131 Å². The first-order chi connectivity index (χ1) is 4.83. The molecule has 0 spiro atoms. The second kappa shape index (κ2) is 18.2. The molecular weight excluding hydrogens is 256 g/mol. The molecule has 0 radical (unpaired) electrons. The van der Waals surface area contributed by atoms with E-state index in [1.807, 2.05) is 0 Å². The maximum absolute atomic E-state index is 10.1. The molecule has 0 aliphatic heterocycles. The molecule has 8 nitrogen and oxygen atoms in total. The molecule has 0 amide bonds. The normalized spacial score (nSPS) is 12.9. The molecule has 0 fully saturated rings. The number of rotatable bonds is 4. The summed E-state index contributed by atoms with van der Waals surface area (Å²) in [5, 5.41) is 0. The SMILES string of the molecule is O=[P+]([O-])OP(=O)([O-])O[P+](=O)[O-].[Li+].[Li+].[Li+].[Li+].[Li+]. The van der Waals surface area contributed by atoms with Gasteiger partial charge < -0.3 is 14.7 Å². The van der Waals surface area contributed by atoms with Gasteiger partial charge in [-0.2, -0.15) is 0 Å². The first kappa shape index (κ1) is 36.5. The van der Waals surface area contributed by atoms with Crippen LogP contribution in [0.15, 0.2) is 0 Å². The topological polar surface area (TPSA) is 139 Å². The van der Waals surface area contributed by atoms with Crippen LogP contribution in [0.3, 0.4) is 0 Å². The Morgan fingerprint density at radius 2 is 1.00 bits per heavy atom. The molecule has 0 bridgehead atoms. The van der Waals surface area contributed by atoms with Gasteiger partial charge in [0.15, 0.2) is 0 Å². The van der Waals surface area contributed by atoms with Crippen molar-refractivity contribution in [2.24, 2.45) is 0 Å². The van der Waals surface area contributed by atoms with Gasteiger partial charge in [-0.15, -0.1) is 0 Å². The van der Waals surface area contributed by atoms with Crippen molar-refractivity contribution in [3.05, 3.63) is 0 Å². The summed E-state index contributed by atoms with van der Waals surface area (Å²) >= 11 is 0. The minimum absolute atomic E-state index is 0. The van der Waals surface area contributed by atoms with Crippen molar-refractivity contribution in [3.63, 3.8) is 0 Å². The van der Waals surface area contributed by atoms with E-state index in [1.165, 1.54) is 0 Å². The zero-order valence-corrected chi connectivity index (χ0v) is 12.3. The molecular formula is Li5O8P3+4. The average molecular weight is 256 g/mol. The van der Waals surface area contributed by atoms with Gasteiger partial charge in [-0.25, -0.2) is 0 Å². The van der Waals surface area contributed by atoms with Crippen LogP contribution in [0.2, 0.25) is 0 Å². The number of hydrogen-bond donors (Lipinski definition) is 0. The Labute approximate surface area is 154 Å². The Morgan fingerprint density at radius 1 is 0.812 bits per heavy atom. The van der Waals surface area contributed by atoms with Gasteiger partial charge in [0, 0.05) is 0 Å². The fourth-order valence-electron chi connectivity index (χ4n) is 0.178. The standard InChI is InChI=1S/5Li.HO8P3/c;;;;;1-9(2)7-11(5,6)8-10(3)4/h;;;;;(H,5,6)/q5*+1;/p-1. The van der Waals surface area contributed by atoms with Gasteiger partial charge in [0.25, 0.3) is 0 Å². The molecule has 2 atom stereocenters. The molecule has 0 saturated heterocycles. The van der Waals surface area contributed by atoms with Crippen molar-refractivity contribution in [2.45, 2.75) is 0 Å². The van der Waals surface area contributed by atoms with Crippen LogP contribution in [0.1, 0.15) is 0 Å². The molecule has 0 aliphatic rings. The second-order valence-corrected chi connectivity index (χ2v) is 4.15. The van der Waals surface area contributed by atoms with E-state index < -0.39 is 24.3 Å². The van der Waals surface area contributed by atoms with Gasteiger partial charge in [0.05, 0.1) is 0 Å². The number of phosphoric acid groups is 1. The van der Waals surface area contributed by atoms with Gasteiger partial charge >= 0.3 is 119 Å². The Hall–Kier alpha value is 3.22. The smallest absolute Gasteiger partial charge is 0.750 e. The maximum atomic E-state index is 10.1. The maximum Gasteiger partial charge on any atom is 1.00 e. The van der Waals surface area contributed by atoms with Gasteiger partial charge in [-0.1, -0.05) is 8.62 Å². The summed E-state index contributed by atoms with van der Waals surface area (Å²) in [5.41, 5.74) is 0. The minimum atomic E-state index is -5.25. The van der Waals surface area contributed by atoms with E-state index in [0.717, 1.165) is 0 Å². The Morgan fingerprint density at radius 3 is 1.12 bits per heavy atom. The predicted molar refractivity (Wildman–Crippen MR) is 25.0 cm³/mol. The molecule has 64 valence electrons. The van der Waals surface area contributed by atoms with Crippen LogP contribution in [-0.4, -0.2) is 0 Å². The number of hydrogen-bond acceptors (Lipinski definition) is 8. The Balaban J connectivity index is -0.0000000500. The van der Waals surface area contributed by atoms with E-state index in [9.17, 15) is 28.4 Å². The summed E-state index contributed by atoms with van der Waals surface area (Å²) in [6.07, 6.45) is 0. The van der Waals surface area contributed by atoms with E-state index in [0.29, 0.717) is 0 Å². The molecule has 0 heterocycles. The fraction of sp³-hybridized carbons (Fsp3) is 0. The van der Waals surface area contributed by atoms with Crippen LogP contribution in [0.5, 0.6) is 0 Å². The molecule has 0 aromatic rings. The summed E-state index contributed by atoms with van der Waals surface area (Å²) in [5.74, 6) is 0. The first-order valence-corrected chi connectivity index (χ1v) is 5.48. The van der Waals surface area contributed by atoms with Crippen LogP contribution < -0.4 is 109 Å². The largest absolute Gasteiger partial charge is 1.00 e. The van der Waals surface area contributed by atoms with Crippen molar-refractivity contribution >= 4 is 24.3 Å². The zero-order valence-electron chi connectivity index (χ0n) is 9.61. The summed E-state index contributed by atoms with van der Waals surface area (Å²) in [7, 11) is -12.6. The third-order valence-corrected chi connectivity index (χ3v) is 3.00. The van der Waals surface area contributed by atoms with Crippen molar-refractivity contribution in [2.75, 3.05) is 0 Å². The fourth-order valence-corrected chi connectivity index (χ4v) is 1.87. The van der Waals surface area contributed by atoms with Gasteiger partial charge in [-0.05, 0) is 9.13 Å². The molecule has 2 unspecified atom stereocenters. The quantitative estimate of drug-likeness (QED) is 0.356. The van der Waals surface area contributed by atoms with Crippen molar-refractivity contribution in [1.29, 1.82) is 0 Å². The summed E-state index contributed by atoms with van der Waals surface area (Å²) in [6, 6.07) is 0. The van der Waals surface area contributed by atoms with E-state index in [4.69, 9.17) is 0 Å². The molecule has 0 saturated carbocycles. The van der Waals surface area contributed by atoms with E-state index in [-0.39, 0.29) is 94.3 Å². The van der Waals surface area contributed by atoms with E-state index >= 15 is 0 Å². The molecule has 0 aliphatic carbocycles. The summed E-state index contributed by atoms with van der Waals surface area (Å²) < 4.78 is 35.4. The summed E-state index contributed by atoms with van der Waals surface area (Å²) in [6.45, 7) is 0. The van der Waals surface area contributed by atoms with Crippen LogP contribution >= 0.6 is 24.3 Å². The van der Waals surface area contributed by atoms with Crippen LogP contribution in [0.25, 0.3) is 0 Å². The molecule has 0 aromatic carbocycles. The minimum Gasteiger partial charge on any atom is -0.750 e. The van der Waals surface area contributed by atoms with E-state index in [2.05, 4.69) is 8.62 Å². The zero-order chi connectivity index (χ0) is 9.07. The van der Waals surface area contributed by atoms with Gasteiger partial charge in [0.2, 0.25) is 0 Å². The first-order valence-electron chi connectivity index (χ1n) is 1.83. The molecule has 16 heavy (non-hydrogen) atoms. The third kappa shape index (κ3) is 25.9. The summed E-state index contributed by atoms with van der Waals surface area (Å²) in [4.78, 5) is 29.2. The molecule has 0 rings (SSSR count). The van der Waals surface area contributed by atoms with Crippen LogP contribution in [0.4, 0.5) is 0 Å². The Bertz CT molecular complexity index is 210. The second-order valence-electron chi connectivity index (χ2n) is 1.06.